The molecule has 702 valence electrons. The van der Waals surface area contributed by atoms with Crippen molar-refractivity contribution >= 4 is 64.5 Å². The molecule has 0 aliphatic heterocycles. The number of benzene rings is 14. The predicted octanol–water partition coefficient (Wildman–Crippen LogP) is 31.9. The second-order valence-corrected chi connectivity index (χ2v) is 40.7. The van der Waals surface area contributed by atoms with Crippen LogP contribution in [0.3, 0.4) is 0 Å². The number of thioether (sulfide) groups is 5. The van der Waals surface area contributed by atoms with Crippen molar-refractivity contribution in [1.29, 1.82) is 15.8 Å². The van der Waals surface area contributed by atoms with Gasteiger partial charge in [0.1, 0.15) is 70.7 Å². The highest BCUT2D eigenvalue weighted by Gasteiger charge is 2.19. The first-order chi connectivity index (χ1) is 68.0. The molecule has 3 atom stereocenters. The molecule has 138 heavy (non-hydrogen) atoms. The standard InChI is InChI=1S/C119H116N4O10S5/c1-89(134-113-65-61-111(62-66-113)132-87-118(83-90-25-45-103(46-26-90)124-75-11-3-4-12-76-125-104-47-35-98(36-48-104)94-27-19-91(84-120)20-28-94)136-115-69-55-108(56-70-115)129-80-16-8-5-13-77-126-105-49-37-99(38-50-105)95-29-21-92(85-121)22-30-95)135-114-67-63-112(64-68-114)133-88-119(137-116-71-57-109(58-72-116)130-81-17-9-6-14-78-127-106-51-39-100(40-52-106)96-31-23-93(86-122)24-32-96)138-117-73-59-110(60-74-117)131-82-18-10-7-15-79-128-107-53-41-101(42-54-107)97-33-43-102(123-2)44-34-97/h19-74,89,118-119H,3-18,75-83,87-88H2,1H3. The number of nitriles is 3. The van der Waals surface area contributed by atoms with Crippen LogP contribution in [0.1, 0.15) is 132 Å². The molecule has 0 fully saturated rings. The zero-order valence-electron chi connectivity index (χ0n) is 78.1. The smallest absolute Gasteiger partial charge is 0.187 e. The SMILES string of the molecule is [C-]#[N+]c1ccc(-c2ccc(OCCCCCCOc3ccc(SC(COc4ccc(SC(C)Sc5ccc(OCC(Cc6ccc(OCCCCCCOc7ccc(-c8ccc(C#N)cc8)cc7)cc6)Sc6ccc(OCCCCCCOc7ccc(-c8ccc(C#N)cc8)cc7)cc6)cc5)cc4)Sc4ccc(OCCCCCCOc5ccc(-c6ccc(C#N)cc6)cc5)cc4)cc3)cc2)cc1. The van der Waals surface area contributed by atoms with E-state index in [0.29, 0.717) is 88.4 Å². The van der Waals surface area contributed by atoms with Crippen molar-refractivity contribution in [2.75, 3.05) is 66.1 Å². The van der Waals surface area contributed by atoms with E-state index in [1.54, 1.807) is 23.5 Å². The summed E-state index contributed by atoms with van der Waals surface area (Å²) in [5.41, 5.74) is 12.5. The summed E-state index contributed by atoms with van der Waals surface area (Å²) in [5.74, 6) is 8.52. The van der Waals surface area contributed by atoms with Crippen molar-refractivity contribution in [2.45, 2.75) is 155 Å². The van der Waals surface area contributed by atoms with Gasteiger partial charge in [0.25, 0.3) is 0 Å². The fourth-order valence-corrected chi connectivity index (χ4v) is 20.8. The van der Waals surface area contributed by atoms with Crippen molar-refractivity contribution in [3.05, 3.63) is 373 Å². The van der Waals surface area contributed by atoms with Crippen molar-refractivity contribution in [2.24, 2.45) is 0 Å². The first-order valence-corrected chi connectivity index (χ1v) is 52.0. The highest BCUT2D eigenvalue weighted by Crippen LogP contribution is 2.41. The lowest BCUT2D eigenvalue weighted by atomic mass is 10.0. The molecule has 14 rings (SSSR count). The second-order valence-electron chi connectivity index (χ2n) is 33.3. The first-order valence-electron chi connectivity index (χ1n) is 47.6. The summed E-state index contributed by atoms with van der Waals surface area (Å²) >= 11 is 9.04. The molecule has 14 aromatic carbocycles. The Morgan fingerprint density at radius 3 is 0.681 bits per heavy atom. The maximum absolute atomic E-state index is 9.16. The van der Waals surface area contributed by atoms with Gasteiger partial charge in [-0.25, -0.2) is 4.85 Å². The second kappa shape index (κ2) is 56.5. The number of hydrogen-bond acceptors (Lipinski definition) is 18. The Hall–Kier alpha value is -13.2. The summed E-state index contributed by atoms with van der Waals surface area (Å²) in [5, 5.41) is 27.6. The highest BCUT2D eigenvalue weighted by atomic mass is 32.2. The van der Waals surface area contributed by atoms with E-state index in [-0.39, 0.29) is 14.4 Å². The van der Waals surface area contributed by atoms with Crippen molar-refractivity contribution in [3.63, 3.8) is 0 Å². The van der Waals surface area contributed by atoms with E-state index in [2.05, 4.69) is 224 Å². The van der Waals surface area contributed by atoms with Crippen LogP contribution in [-0.2, 0) is 6.42 Å². The van der Waals surface area contributed by atoms with Gasteiger partial charge in [0.05, 0.1) is 103 Å². The normalized spacial score (nSPS) is 11.6. The lowest BCUT2D eigenvalue weighted by molar-refractivity contribution is 0.287. The molecule has 0 heterocycles. The number of rotatable bonds is 58. The summed E-state index contributed by atoms with van der Waals surface area (Å²) in [6.45, 7) is 15.7. The predicted molar refractivity (Wildman–Crippen MR) is 565 cm³/mol. The average molecular weight is 1920 g/mol. The van der Waals surface area contributed by atoms with Crippen LogP contribution in [0.4, 0.5) is 5.69 Å². The van der Waals surface area contributed by atoms with Crippen LogP contribution in [0, 0.1) is 40.6 Å². The molecule has 0 saturated carbocycles. The van der Waals surface area contributed by atoms with E-state index < -0.39 is 0 Å². The molecule has 0 amide bonds. The van der Waals surface area contributed by atoms with Gasteiger partial charge in [-0.05, 0) is 385 Å². The lowest BCUT2D eigenvalue weighted by Gasteiger charge is -2.19. The summed E-state index contributed by atoms with van der Waals surface area (Å²) in [6, 6.07) is 120. The molecule has 14 nitrogen and oxygen atoms in total. The van der Waals surface area contributed by atoms with Gasteiger partial charge in [0.15, 0.2) is 5.69 Å². The number of unbranched alkanes of at least 4 members (excludes halogenated alkanes) is 12. The number of ether oxygens (including phenoxy) is 10. The Labute approximate surface area is 835 Å². The third-order valence-corrected chi connectivity index (χ3v) is 28.8. The molecule has 14 aromatic rings. The lowest BCUT2D eigenvalue weighted by Crippen LogP contribution is -2.17. The average Bonchev–Trinajstić information content (AvgIpc) is 0.876. The van der Waals surface area contributed by atoms with Gasteiger partial charge in [-0.3, -0.25) is 0 Å². The first kappa shape index (κ1) is 101. The molecule has 0 spiro atoms. The molecule has 0 saturated heterocycles. The largest absolute Gasteiger partial charge is 0.494 e. The summed E-state index contributed by atoms with van der Waals surface area (Å²) in [6.07, 6.45) is 17.0. The van der Waals surface area contributed by atoms with Crippen LogP contribution < -0.4 is 47.4 Å². The van der Waals surface area contributed by atoms with Crippen LogP contribution in [0.25, 0.3) is 49.4 Å². The molecule has 19 heteroatoms. The summed E-state index contributed by atoms with van der Waals surface area (Å²) < 4.78 is 62.8. The molecule has 3 unspecified atom stereocenters. The van der Waals surface area contributed by atoms with E-state index in [1.807, 2.05) is 181 Å². The molecule has 0 bridgehead atoms. The maximum atomic E-state index is 9.16. The zero-order valence-corrected chi connectivity index (χ0v) is 82.2. The monoisotopic (exact) mass is 1920 g/mol. The fraction of sp³-hybridized carbons (Fsp3) is 0.261. The minimum atomic E-state index is 0.0224. The molecular weight excluding hydrogens is 1810 g/mol. The summed E-state index contributed by atoms with van der Waals surface area (Å²) in [4.78, 5) is 9.23. The van der Waals surface area contributed by atoms with Crippen LogP contribution in [0.5, 0.6) is 57.5 Å². The van der Waals surface area contributed by atoms with E-state index in [0.717, 1.165) is 236 Å². The van der Waals surface area contributed by atoms with E-state index >= 15 is 0 Å². The van der Waals surface area contributed by atoms with E-state index in [4.69, 9.17) is 69.7 Å². The third-order valence-electron chi connectivity index (χ3n) is 22.9. The van der Waals surface area contributed by atoms with Gasteiger partial charge < -0.3 is 47.4 Å². The minimum absolute atomic E-state index is 0.0224. The molecular formula is C119H116N4O10S5. The zero-order chi connectivity index (χ0) is 95.0. The number of nitrogens with zero attached hydrogens (tertiary/aromatic N) is 4. The molecule has 0 aliphatic carbocycles. The van der Waals surface area contributed by atoms with Gasteiger partial charge in [0.2, 0.25) is 0 Å². The van der Waals surface area contributed by atoms with E-state index in [1.165, 1.54) is 5.56 Å². The van der Waals surface area contributed by atoms with Crippen LogP contribution in [0.15, 0.2) is 364 Å². The molecule has 0 N–H and O–H groups in total. The highest BCUT2D eigenvalue weighted by molar-refractivity contribution is 8.17. The van der Waals surface area contributed by atoms with Gasteiger partial charge in [-0.15, -0.1) is 58.8 Å². The molecule has 0 aromatic heterocycles. The molecule has 0 radical (unpaired) electrons. The van der Waals surface area contributed by atoms with E-state index in [9.17, 15) is 0 Å². The quantitative estimate of drug-likeness (QED) is 0.0153. The van der Waals surface area contributed by atoms with Gasteiger partial charge in [-0.1, -0.05) is 121 Å². The topological polar surface area (TPSA) is 168 Å². The Morgan fingerprint density at radius 2 is 0.435 bits per heavy atom. The van der Waals surface area contributed by atoms with Crippen molar-refractivity contribution in [1.82, 2.24) is 0 Å². The van der Waals surface area contributed by atoms with Crippen molar-refractivity contribution in [3.8, 4) is 120 Å². The fourth-order valence-electron chi connectivity index (χ4n) is 15.2. The Bertz CT molecular complexity index is 5400. The van der Waals surface area contributed by atoms with Gasteiger partial charge in [0, 0.05) is 29.7 Å². The third kappa shape index (κ3) is 34.8. The Balaban J connectivity index is 0.521. The van der Waals surface area contributed by atoms with Crippen LogP contribution >= 0.6 is 58.8 Å². The van der Waals surface area contributed by atoms with Gasteiger partial charge >= 0.3 is 0 Å². The number of hydrogen-bond donors (Lipinski definition) is 0. The van der Waals surface area contributed by atoms with Crippen molar-refractivity contribution < 1.29 is 47.4 Å². The van der Waals surface area contributed by atoms with Gasteiger partial charge in [-0.2, -0.15) is 15.8 Å². The minimum Gasteiger partial charge on any atom is -0.494 e. The van der Waals surface area contributed by atoms with Crippen LogP contribution in [-0.4, -0.2) is 80.5 Å². The van der Waals surface area contributed by atoms with Crippen LogP contribution in [0.2, 0.25) is 0 Å². The Morgan fingerprint density at radius 1 is 0.232 bits per heavy atom. The Kier molecular flexibility index (Phi) is 41.2. The maximum Gasteiger partial charge on any atom is 0.187 e. The summed E-state index contributed by atoms with van der Waals surface area (Å²) in [7, 11) is 0. The molecule has 0 aliphatic rings.